The summed E-state index contributed by atoms with van der Waals surface area (Å²) >= 11 is 1.07. The molecule has 5 fully saturated rings. The second-order valence-electron chi connectivity index (χ2n) is 18.9. The zero-order valence-corrected chi connectivity index (χ0v) is 39.2. The first kappa shape index (κ1) is 48.5. The second-order valence-corrected chi connectivity index (χ2v) is 22.2. The molecule has 8 rings (SSSR count). The fraction of sp³-hybridized carbons (Fsp3) is 0.617. The standard InChI is InChI=1S/C47H59F5N5O7PS/c1-4-19-63-45(61)28(2)54-65(62,64-20-18-47(50,51)52)41(49)30-10-15-39-31(21-30)22-40(66-39)42(58)53-37-13-11-34(55(3)36-23-33(48)24-36)25-35-12-14-38(57(35)43(37)59)44(60)56-27-32(26-46(56)16-17-46)29-8-6-5-7-9-29/h5-10,15,21-22,28,32-38,41H,4,11-14,16-20,23-27H2,1-3H3,(H,53,58)(H,54,62)/t28-,32+,33?,34-,35+,36?,37-,38-,41+,65?/m0/s1. The summed E-state index contributed by atoms with van der Waals surface area (Å²) in [5.41, 5.74) is 0.745. The number of carbonyl (C=O) groups excluding carboxylic acids is 4. The van der Waals surface area contributed by atoms with Gasteiger partial charge in [-0.3, -0.25) is 23.7 Å². The maximum Gasteiger partial charge on any atom is 0.391 e. The summed E-state index contributed by atoms with van der Waals surface area (Å²) in [5, 5.41) is 5.61. The number of esters is 1. The fourth-order valence-electron chi connectivity index (χ4n) is 10.4. The van der Waals surface area contributed by atoms with Crippen LogP contribution in [0.3, 0.4) is 0 Å². The summed E-state index contributed by atoms with van der Waals surface area (Å²) in [7, 11) is -2.85. The number of nitrogens with one attached hydrogen (secondary N) is 2. The molecule has 3 saturated heterocycles. The summed E-state index contributed by atoms with van der Waals surface area (Å²) in [6, 6.07) is 12.5. The highest BCUT2D eigenvalue weighted by Crippen LogP contribution is 2.59. The van der Waals surface area contributed by atoms with E-state index in [-0.39, 0.29) is 64.9 Å². The van der Waals surface area contributed by atoms with Crippen LogP contribution in [0.5, 0.6) is 0 Å². The first-order valence-electron chi connectivity index (χ1n) is 23.2. The summed E-state index contributed by atoms with van der Waals surface area (Å²) in [6.45, 7) is 2.46. The minimum atomic E-state index is -4.84. The first-order valence-corrected chi connectivity index (χ1v) is 25.7. The van der Waals surface area contributed by atoms with Crippen LogP contribution in [0.25, 0.3) is 10.1 Å². The van der Waals surface area contributed by atoms with Gasteiger partial charge >= 0.3 is 19.7 Å². The van der Waals surface area contributed by atoms with Gasteiger partial charge in [0.25, 0.3) is 5.91 Å². The van der Waals surface area contributed by atoms with Gasteiger partial charge < -0.3 is 29.3 Å². The highest BCUT2D eigenvalue weighted by molar-refractivity contribution is 7.57. The van der Waals surface area contributed by atoms with Crippen molar-refractivity contribution >= 4 is 52.6 Å². The Morgan fingerprint density at radius 3 is 2.42 bits per heavy atom. The number of halogens is 5. The highest BCUT2D eigenvalue weighted by Gasteiger charge is 2.59. The van der Waals surface area contributed by atoms with Gasteiger partial charge in [0.1, 0.15) is 24.3 Å². The molecule has 1 aromatic heterocycles. The number of carbonyl (C=O) groups is 4. The monoisotopic (exact) mass is 963 g/mol. The minimum absolute atomic E-state index is 0.0235. The molecule has 1 unspecified atom stereocenters. The number of hydrogen-bond acceptors (Lipinski definition) is 9. The molecule has 8 atom stereocenters. The number of fused-ring (bicyclic) bond motifs is 2. The zero-order valence-electron chi connectivity index (χ0n) is 37.4. The number of hydrogen-bond donors (Lipinski definition) is 2. The van der Waals surface area contributed by atoms with Crippen molar-refractivity contribution in [2.24, 2.45) is 0 Å². The molecular weight excluding hydrogens is 905 g/mol. The lowest BCUT2D eigenvalue weighted by Crippen LogP contribution is -2.59. The third-order valence-electron chi connectivity index (χ3n) is 14.3. The first-order chi connectivity index (χ1) is 31.4. The number of alkyl halides is 5. The normalized spacial score (nSPS) is 28.0. The van der Waals surface area contributed by atoms with E-state index in [1.54, 1.807) is 11.8 Å². The lowest BCUT2D eigenvalue weighted by atomic mass is 9.86. The molecule has 2 saturated carbocycles. The predicted molar refractivity (Wildman–Crippen MR) is 239 cm³/mol. The molecule has 3 aliphatic heterocycles. The Labute approximate surface area is 385 Å². The molecule has 3 amide bonds. The molecule has 2 aromatic carbocycles. The molecule has 2 aliphatic carbocycles. The molecule has 12 nitrogen and oxygen atoms in total. The van der Waals surface area contributed by atoms with E-state index >= 15 is 4.39 Å². The minimum Gasteiger partial charge on any atom is -0.465 e. The van der Waals surface area contributed by atoms with Crippen molar-refractivity contribution < 1.29 is 55.0 Å². The van der Waals surface area contributed by atoms with Gasteiger partial charge in [-0.1, -0.05) is 43.3 Å². The smallest absolute Gasteiger partial charge is 0.391 e. The van der Waals surface area contributed by atoms with Crippen molar-refractivity contribution in [2.45, 2.75) is 157 Å². The molecule has 0 radical (unpaired) electrons. The average Bonchev–Trinajstić information content (AvgIpc) is 3.55. The molecule has 360 valence electrons. The average molecular weight is 964 g/mol. The van der Waals surface area contributed by atoms with Crippen LogP contribution in [-0.2, 0) is 28.2 Å². The summed E-state index contributed by atoms with van der Waals surface area (Å²) in [4.78, 5) is 62.4. The van der Waals surface area contributed by atoms with Crippen molar-refractivity contribution in [2.75, 3.05) is 26.8 Å². The predicted octanol–water partition coefficient (Wildman–Crippen LogP) is 8.95. The Hall–Kier alpha value is -3.96. The largest absolute Gasteiger partial charge is 0.465 e. The SMILES string of the molecule is CCCOC(=O)[C@H](C)NP(=O)(OCCC(F)(F)F)[C@@H](F)c1ccc2sc(C(=O)N[C@H]3CC[C@H](N(C)C4CC(F)C4)C[C@H]4CC[C@@H](C(=O)N5C[C@H](c6ccccc6)CC56CC6)N4C3=O)cc2c1. The van der Waals surface area contributed by atoms with Crippen LogP contribution in [0.15, 0.2) is 54.6 Å². The van der Waals surface area contributed by atoms with Crippen LogP contribution >= 0.6 is 18.9 Å². The number of nitrogens with zero attached hydrogens (tertiary/aromatic N) is 3. The van der Waals surface area contributed by atoms with Gasteiger partial charge in [0.05, 0.1) is 24.5 Å². The lowest BCUT2D eigenvalue weighted by molar-refractivity contribution is -0.148. The summed E-state index contributed by atoms with van der Waals surface area (Å²) in [6.07, 6.45) is -0.416. The number of benzene rings is 2. The van der Waals surface area contributed by atoms with E-state index in [9.17, 15) is 41.3 Å². The number of thiophene rings is 1. The van der Waals surface area contributed by atoms with E-state index < -0.39 is 68.8 Å². The zero-order chi connectivity index (χ0) is 47.1. The Morgan fingerprint density at radius 1 is 1.00 bits per heavy atom. The van der Waals surface area contributed by atoms with Gasteiger partial charge in [-0.2, -0.15) is 13.2 Å². The Morgan fingerprint density at radius 2 is 1.74 bits per heavy atom. The van der Waals surface area contributed by atoms with Gasteiger partial charge in [-0.25, -0.2) is 13.9 Å². The van der Waals surface area contributed by atoms with Crippen LogP contribution in [0.1, 0.15) is 124 Å². The van der Waals surface area contributed by atoms with Crippen LogP contribution in [-0.4, -0.2) is 119 Å². The van der Waals surface area contributed by atoms with Crippen molar-refractivity contribution in [3.63, 3.8) is 0 Å². The topological polar surface area (TPSA) is 138 Å². The quantitative estimate of drug-likeness (QED) is 0.0819. The molecule has 3 aromatic rings. The Kier molecular flexibility index (Phi) is 14.4. The van der Waals surface area contributed by atoms with Gasteiger partial charge in [-0.05, 0) is 119 Å². The van der Waals surface area contributed by atoms with E-state index in [2.05, 4.69) is 27.4 Å². The van der Waals surface area contributed by atoms with E-state index in [4.69, 9.17) is 9.26 Å². The molecule has 66 heavy (non-hydrogen) atoms. The number of ether oxygens (including phenoxy) is 1. The van der Waals surface area contributed by atoms with E-state index in [0.717, 1.165) is 30.6 Å². The van der Waals surface area contributed by atoms with Gasteiger partial charge in [0, 0.05) is 40.8 Å². The Bertz CT molecular complexity index is 2310. The molecular formula is C47H59F5N5O7PS. The van der Waals surface area contributed by atoms with Crippen LogP contribution < -0.4 is 10.4 Å². The van der Waals surface area contributed by atoms with Gasteiger partial charge in [-0.15, -0.1) is 11.3 Å². The molecule has 1 spiro atoms. The van der Waals surface area contributed by atoms with Gasteiger partial charge in [0.15, 0.2) is 0 Å². The number of likely N-dealkylation sites (tertiary alicyclic amines) is 1. The molecule has 0 bridgehead atoms. The second kappa shape index (κ2) is 19.6. The maximum absolute atomic E-state index is 16.4. The number of amides is 3. The summed E-state index contributed by atoms with van der Waals surface area (Å²) in [5.74, 6) is -4.15. The van der Waals surface area contributed by atoms with Crippen LogP contribution in [0, 0.1) is 0 Å². The molecule has 5 aliphatic rings. The lowest BCUT2D eigenvalue weighted by Gasteiger charge is -2.45. The van der Waals surface area contributed by atoms with E-state index in [1.165, 1.54) is 36.8 Å². The summed E-state index contributed by atoms with van der Waals surface area (Å²) < 4.78 is 94.3. The third kappa shape index (κ3) is 10.4. The molecule has 19 heteroatoms. The van der Waals surface area contributed by atoms with E-state index in [1.807, 2.05) is 30.1 Å². The van der Waals surface area contributed by atoms with Crippen molar-refractivity contribution in [1.82, 2.24) is 25.1 Å². The maximum atomic E-state index is 16.4. The van der Waals surface area contributed by atoms with Gasteiger partial charge in [0.2, 0.25) is 17.7 Å². The number of rotatable bonds is 16. The van der Waals surface area contributed by atoms with Crippen LogP contribution in [0.2, 0.25) is 0 Å². The van der Waals surface area contributed by atoms with Crippen molar-refractivity contribution in [1.29, 1.82) is 0 Å². The van der Waals surface area contributed by atoms with Crippen molar-refractivity contribution in [3.05, 3.63) is 70.6 Å². The molecule has 2 N–H and O–H groups in total. The van der Waals surface area contributed by atoms with Crippen molar-refractivity contribution in [3.8, 4) is 0 Å². The highest BCUT2D eigenvalue weighted by atomic mass is 32.1. The molecule has 4 heterocycles. The van der Waals surface area contributed by atoms with Crippen LogP contribution in [0.4, 0.5) is 22.0 Å². The Balaban J connectivity index is 1.02. The van der Waals surface area contributed by atoms with E-state index in [0.29, 0.717) is 61.6 Å². The third-order valence-corrected chi connectivity index (χ3v) is 17.7. The fourth-order valence-corrected chi connectivity index (χ4v) is 13.3.